The van der Waals surface area contributed by atoms with Crippen LogP contribution in [0.25, 0.3) is 0 Å². The van der Waals surface area contributed by atoms with Gasteiger partial charge in [0.25, 0.3) is 0 Å². The van der Waals surface area contributed by atoms with Gasteiger partial charge in [0, 0.05) is 25.7 Å². The Hall–Kier alpha value is -1.69. The molecule has 6 heteroatoms. The Morgan fingerprint density at radius 2 is 1.95 bits per heavy atom. The first-order chi connectivity index (χ1) is 10.2. The van der Waals surface area contributed by atoms with Crippen LogP contribution in [0.1, 0.15) is 28.8 Å². The molecule has 0 heterocycles. The molecule has 1 rings (SSSR count). The normalized spacial score (nSPS) is 11.2. The van der Waals surface area contributed by atoms with E-state index in [0.717, 1.165) is 24.5 Å². The Morgan fingerprint density at radius 1 is 1.24 bits per heavy atom. The van der Waals surface area contributed by atoms with Gasteiger partial charge in [0.15, 0.2) is 5.96 Å². The van der Waals surface area contributed by atoms with Gasteiger partial charge >= 0.3 is 0 Å². The van der Waals surface area contributed by atoms with Crippen molar-refractivity contribution in [2.24, 2.45) is 10.7 Å². The summed E-state index contributed by atoms with van der Waals surface area (Å²) < 4.78 is 0. The van der Waals surface area contributed by atoms with Crippen LogP contribution < -0.4 is 16.4 Å². The van der Waals surface area contributed by atoms with Crippen LogP contribution in [0.5, 0.6) is 0 Å². The summed E-state index contributed by atoms with van der Waals surface area (Å²) in [7, 11) is 1.76. The maximum Gasteiger partial charge on any atom is 0.248 e. The Balaban J connectivity index is 2.32. The fourth-order valence-electron chi connectivity index (χ4n) is 1.77. The number of carbonyl (C=O) groups excluding carboxylic acids is 1. The number of hydrogen-bond donors (Lipinski definition) is 3. The minimum atomic E-state index is -0.405. The van der Waals surface area contributed by atoms with Crippen LogP contribution in [0.4, 0.5) is 0 Å². The molecule has 21 heavy (non-hydrogen) atoms. The molecule has 0 aromatic heterocycles. The van der Waals surface area contributed by atoms with Crippen LogP contribution in [-0.4, -0.2) is 37.5 Å². The second-order valence-corrected chi connectivity index (χ2v) is 5.60. The predicted octanol–water partition coefficient (Wildman–Crippen LogP) is 1.59. The molecule has 0 aliphatic rings. The zero-order valence-electron chi connectivity index (χ0n) is 12.7. The number of amides is 1. The quantitative estimate of drug-likeness (QED) is 0.387. The molecular formula is C15H24N4OS. The molecule has 0 aliphatic heterocycles. The highest BCUT2D eigenvalue weighted by Gasteiger charge is 2.01. The van der Waals surface area contributed by atoms with Crippen molar-refractivity contribution in [3.63, 3.8) is 0 Å². The van der Waals surface area contributed by atoms with E-state index in [4.69, 9.17) is 5.73 Å². The van der Waals surface area contributed by atoms with E-state index in [1.807, 2.05) is 23.9 Å². The van der Waals surface area contributed by atoms with Gasteiger partial charge in [0.05, 0.1) is 0 Å². The highest BCUT2D eigenvalue weighted by atomic mass is 32.2. The fourth-order valence-corrected chi connectivity index (χ4v) is 2.26. The van der Waals surface area contributed by atoms with Crippen LogP contribution in [0.3, 0.4) is 0 Å². The Labute approximate surface area is 130 Å². The minimum absolute atomic E-state index is 0.405. The van der Waals surface area contributed by atoms with E-state index in [0.29, 0.717) is 12.1 Å². The maximum absolute atomic E-state index is 11.0. The summed E-state index contributed by atoms with van der Waals surface area (Å²) in [6.45, 7) is 1.57. The van der Waals surface area contributed by atoms with Crippen molar-refractivity contribution >= 4 is 23.6 Å². The highest BCUT2D eigenvalue weighted by molar-refractivity contribution is 7.98. The van der Waals surface area contributed by atoms with Crippen molar-refractivity contribution in [1.82, 2.24) is 10.6 Å². The van der Waals surface area contributed by atoms with Crippen LogP contribution in [0.15, 0.2) is 29.3 Å². The van der Waals surface area contributed by atoms with Crippen molar-refractivity contribution < 1.29 is 4.79 Å². The van der Waals surface area contributed by atoms with Crippen molar-refractivity contribution in [2.75, 3.05) is 25.6 Å². The third-order valence-corrected chi connectivity index (χ3v) is 3.69. The Morgan fingerprint density at radius 3 is 2.52 bits per heavy atom. The van der Waals surface area contributed by atoms with Gasteiger partial charge in [0.1, 0.15) is 0 Å². The monoisotopic (exact) mass is 308 g/mol. The van der Waals surface area contributed by atoms with Gasteiger partial charge < -0.3 is 16.4 Å². The first-order valence-corrected chi connectivity index (χ1v) is 8.39. The number of thioether (sulfide) groups is 1. The highest BCUT2D eigenvalue weighted by Crippen LogP contribution is 2.03. The molecule has 0 bridgehead atoms. The third kappa shape index (κ3) is 7.04. The number of carbonyl (C=O) groups is 1. The molecule has 1 aromatic rings. The predicted molar refractivity (Wildman–Crippen MR) is 90.8 cm³/mol. The number of rotatable bonds is 8. The van der Waals surface area contributed by atoms with E-state index in [1.165, 1.54) is 12.2 Å². The van der Waals surface area contributed by atoms with Crippen LogP contribution in [-0.2, 0) is 6.54 Å². The number of benzene rings is 1. The minimum Gasteiger partial charge on any atom is -0.366 e. The van der Waals surface area contributed by atoms with E-state index in [2.05, 4.69) is 21.9 Å². The average molecular weight is 308 g/mol. The lowest BCUT2D eigenvalue weighted by atomic mass is 10.1. The summed E-state index contributed by atoms with van der Waals surface area (Å²) in [5, 5.41) is 6.53. The van der Waals surface area contributed by atoms with Crippen molar-refractivity contribution in [1.29, 1.82) is 0 Å². The second-order valence-electron chi connectivity index (χ2n) is 4.61. The first-order valence-electron chi connectivity index (χ1n) is 6.99. The van der Waals surface area contributed by atoms with Gasteiger partial charge in [-0.05, 0) is 42.5 Å². The molecule has 5 nitrogen and oxygen atoms in total. The lowest BCUT2D eigenvalue weighted by Crippen LogP contribution is -2.37. The average Bonchev–Trinajstić information content (AvgIpc) is 2.50. The van der Waals surface area contributed by atoms with Crippen LogP contribution in [0, 0.1) is 0 Å². The molecule has 4 N–H and O–H groups in total. The van der Waals surface area contributed by atoms with Gasteiger partial charge in [-0.3, -0.25) is 9.79 Å². The molecule has 116 valence electrons. The number of primary amides is 1. The van der Waals surface area contributed by atoms with Gasteiger partial charge in [-0.15, -0.1) is 0 Å². The number of nitrogens with zero attached hydrogens (tertiary/aromatic N) is 1. The van der Waals surface area contributed by atoms with Crippen LogP contribution >= 0.6 is 11.8 Å². The van der Waals surface area contributed by atoms with Gasteiger partial charge in [-0.25, -0.2) is 0 Å². The molecule has 0 fully saturated rings. The van der Waals surface area contributed by atoms with Crippen molar-refractivity contribution in [3.8, 4) is 0 Å². The standard InChI is InChI=1S/C15H24N4OS/c1-17-15(18-9-3-4-10-21-2)19-11-12-5-7-13(8-6-12)14(16)20/h5-8H,3-4,9-11H2,1-2H3,(H2,16,20)(H2,17,18,19). The molecule has 0 saturated heterocycles. The molecule has 0 saturated carbocycles. The van der Waals surface area contributed by atoms with Gasteiger partial charge in [0.2, 0.25) is 5.91 Å². The Kier molecular flexibility index (Phi) is 8.35. The molecule has 0 spiro atoms. The largest absolute Gasteiger partial charge is 0.366 e. The summed E-state index contributed by atoms with van der Waals surface area (Å²) in [4.78, 5) is 15.2. The van der Waals surface area contributed by atoms with E-state index >= 15 is 0 Å². The summed E-state index contributed by atoms with van der Waals surface area (Å²) in [6, 6.07) is 7.24. The smallest absolute Gasteiger partial charge is 0.248 e. The number of nitrogens with two attached hydrogens (primary N) is 1. The molecule has 0 atom stereocenters. The summed E-state index contributed by atoms with van der Waals surface area (Å²) >= 11 is 1.87. The van der Waals surface area contributed by atoms with E-state index in [9.17, 15) is 4.79 Å². The maximum atomic E-state index is 11.0. The molecule has 0 aliphatic carbocycles. The van der Waals surface area contributed by atoms with E-state index in [-0.39, 0.29) is 0 Å². The van der Waals surface area contributed by atoms with Crippen molar-refractivity contribution in [3.05, 3.63) is 35.4 Å². The number of guanidine groups is 1. The number of aliphatic imine (C=N–C) groups is 1. The zero-order chi connectivity index (χ0) is 15.5. The summed E-state index contributed by atoms with van der Waals surface area (Å²) in [6.07, 6.45) is 4.46. The molecule has 1 amide bonds. The number of nitrogens with one attached hydrogen (secondary N) is 2. The molecule has 1 aromatic carbocycles. The van der Waals surface area contributed by atoms with E-state index < -0.39 is 5.91 Å². The summed E-state index contributed by atoms with van der Waals surface area (Å²) in [5.74, 6) is 1.58. The molecule has 0 unspecified atom stereocenters. The van der Waals surface area contributed by atoms with Crippen LogP contribution in [0.2, 0.25) is 0 Å². The zero-order valence-corrected chi connectivity index (χ0v) is 13.5. The third-order valence-electron chi connectivity index (χ3n) is 2.99. The molecular weight excluding hydrogens is 284 g/mol. The van der Waals surface area contributed by atoms with Gasteiger partial charge in [-0.1, -0.05) is 12.1 Å². The SMILES string of the molecule is CN=C(NCCCCSC)NCc1ccc(C(N)=O)cc1. The first kappa shape index (κ1) is 17.4. The second kappa shape index (κ2) is 10.1. The van der Waals surface area contributed by atoms with E-state index in [1.54, 1.807) is 19.2 Å². The number of unbranched alkanes of at least 4 members (excludes halogenated alkanes) is 1. The molecule has 0 radical (unpaired) electrons. The lowest BCUT2D eigenvalue weighted by molar-refractivity contribution is 0.100. The van der Waals surface area contributed by atoms with Crippen molar-refractivity contribution in [2.45, 2.75) is 19.4 Å². The number of hydrogen-bond acceptors (Lipinski definition) is 3. The topological polar surface area (TPSA) is 79.5 Å². The summed E-state index contributed by atoms with van der Waals surface area (Å²) in [5.41, 5.74) is 6.81. The Bertz CT molecular complexity index is 459. The van der Waals surface area contributed by atoms with Gasteiger partial charge in [-0.2, -0.15) is 11.8 Å². The fraction of sp³-hybridized carbons (Fsp3) is 0.467. The lowest BCUT2D eigenvalue weighted by Gasteiger charge is -2.12.